The van der Waals surface area contributed by atoms with Gasteiger partial charge in [0.15, 0.2) is 0 Å². The van der Waals surface area contributed by atoms with Crippen molar-refractivity contribution < 1.29 is 14.3 Å². The summed E-state index contributed by atoms with van der Waals surface area (Å²) in [5.41, 5.74) is 5.82. The van der Waals surface area contributed by atoms with E-state index >= 15 is 0 Å². The molecule has 6 heteroatoms. The van der Waals surface area contributed by atoms with Gasteiger partial charge in [0.05, 0.1) is 23.8 Å². The first-order valence-electron chi connectivity index (χ1n) is 6.42. The van der Waals surface area contributed by atoms with Crippen LogP contribution in [0.4, 0.5) is 5.69 Å². The van der Waals surface area contributed by atoms with E-state index in [2.05, 4.69) is 5.32 Å². The first kappa shape index (κ1) is 14.8. The summed E-state index contributed by atoms with van der Waals surface area (Å²) < 4.78 is 4.69. The van der Waals surface area contributed by atoms with Gasteiger partial charge >= 0.3 is 5.97 Å². The largest absolute Gasteiger partial charge is 0.465 e. The van der Waals surface area contributed by atoms with Gasteiger partial charge < -0.3 is 15.8 Å². The lowest BCUT2D eigenvalue weighted by Crippen LogP contribution is -2.47. The average Bonchev–Trinajstić information content (AvgIpc) is 2.39. The van der Waals surface area contributed by atoms with E-state index in [-0.39, 0.29) is 11.5 Å². The number of esters is 1. The second kappa shape index (κ2) is 5.81. The van der Waals surface area contributed by atoms with Gasteiger partial charge in [-0.25, -0.2) is 4.79 Å². The summed E-state index contributed by atoms with van der Waals surface area (Å²) in [6, 6.07) is 4.67. The molecule has 20 heavy (non-hydrogen) atoms. The summed E-state index contributed by atoms with van der Waals surface area (Å²) >= 11 is 5.87. The van der Waals surface area contributed by atoms with Crippen LogP contribution in [0.3, 0.4) is 0 Å². The number of methoxy groups -OCH3 is 1. The highest BCUT2D eigenvalue weighted by molar-refractivity contribution is 6.31. The Morgan fingerprint density at radius 2 is 2.15 bits per heavy atom. The number of ether oxygens (including phenoxy) is 1. The molecule has 1 amide bonds. The molecule has 2 rings (SSSR count). The zero-order valence-electron chi connectivity index (χ0n) is 11.2. The third-order valence-corrected chi connectivity index (χ3v) is 4.05. The molecule has 3 N–H and O–H groups in total. The van der Waals surface area contributed by atoms with E-state index in [0.29, 0.717) is 17.3 Å². The number of carbonyl (C=O) groups is 2. The Hall–Kier alpha value is -1.59. The van der Waals surface area contributed by atoms with Crippen molar-refractivity contribution in [3.8, 4) is 0 Å². The Bertz CT molecular complexity index is 536. The third-order valence-electron chi connectivity index (χ3n) is 3.82. The second-order valence-corrected chi connectivity index (χ2v) is 5.41. The zero-order chi connectivity index (χ0) is 14.8. The molecule has 108 valence electrons. The minimum atomic E-state index is -0.543. The van der Waals surface area contributed by atoms with Crippen molar-refractivity contribution in [3.05, 3.63) is 28.8 Å². The van der Waals surface area contributed by atoms with Gasteiger partial charge in [-0.1, -0.05) is 18.0 Å². The van der Waals surface area contributed by atoms with E-state index in [1.807, 2.05) is 0 Å². The fourth-order valence-electron chi connectivity index (χ4n) is 2.29. The van der Waals surface area contributed by atoms with Gasteiger partial charge in [0.2, 0.25) is 5.91 Å². The van der Waals surface area contributed by atoms with Crippen molar-refractivity contribution in [2.24, 2.45) is 11.1 Å². The molecule has 1 aliphatic rings. The van der Waals surface area contributed by atoms with Crippen molar-refractivity contribution in [2.45, 2.75) is 19.3 Å². The molecule has 0 heterocycles. The zero-order valence-corrected chi connectivity index (χ0v) is 12.0. The summed E-state index contributed by atoms with van der Waals surface area (Å²) in [6.07, 6.45) is 2.54. The van der Waals surface area contributed by atoms with E-state index < -0.39 is 11.4 Å². The quantitative estimate of drug-likeness (QED) is 0.835. The minimum Gasteiger partial charge on any atom is -0.465 e. The maximum Gasteiger partial charge on any atom is 0.340 e. The van der Waals surface area contributed by atoms with Crippen LogP contribution in [0.1, 0.15) is 29.6 Å². The summed E-state index contributed by atoms with van der Waals surface area (Å²) in [5, 5.41) is 3.17. The van der Waals surface area contributed by atoms with Crippen molar-refractivity contribution >= 4 is 29.2 Å². The molecular formula is C14H17ClN2O3. The molecule has 0 saturated heterocycles. The predicted octanol–water partition coefficient (Wildman–Crippen LogP) is 2.19. The second-order valence-electron chi connectivity index (χ2n) is 4.97. The molecule has 1 fully saturated rings. The van der Waals surface area contributed by atoms with Gasteiger partial charge in [-0.2, -0.15) is 0 Å². The van der Waals surface area contributed by atoms with Crippen LogP contribution in [0.5, 0.6) is 0 Å². The molecule has 5 nitrogen and oxygen atoms in total. The first-order chi connectivity index (χ1) is 9.52. The minimum absolute atomic E-state index is 0.154. The van der Waals surface area contributed by atoms with E-state index in [0.717, 1.165) is 19.3 Å². The fraction of sp³-hybridized carbons (Fsp3) is 0.429. The van der Waals surface area contributed by atoms with Crippen LogP contribution >= 0.6 is 11.6 Å². The summed E-state index contributed by atoms with van der Waals surface area (Å²) in [5.74, 6) is -0.697. The number of benzene rings is 1. The highest BCUT2D eigenvalue weighted by atomic mass is 35.5. The molecule has 0 aliphatic heterocycles. The van der Waals surface area contributed by atoms with Crippen LogP contribution < -0.4 is 11.1 Å². The van der Waals surface area contributed by atoms with Crippen LogP contribution in [0.25, 0.3) is 0 Å². The summed E-state index contributed by atoms with van der Waals surface area (Å²) in [4.78, 5) is 24.0. The van der Waals surface area contributed by atoms with E-state index in [4.69, 9.17) is 22.1 Å². The Morgan fingerprint density at radius 3 is 2.65 bits per heavy atom. The molecule has 1 aliphatic carbocycles. The van der Waals surface area contributed by atoms with Gasteiger partial charge in [-0.05, 0) is 31.0 Å². The number of nitrogens with one attached hydrogen (secondary N) is 1. The van der Waals surface area contributed by atoms with E-state index in [9.17, 15) is 9.59 Å². The Balaban J connectivity index is 2.25. The molecule has 0 unspecified atom stereocenters. The Morgan fingerprint density at radius 1 is 1.45 bits per heavy atom. The monoisotopic (exact) mass is 296 g/mol. The molecular weight excluding hydrogens is 280 g/mol. The predicted molar refractivity (Wildman–Crippen MR) is 76.8 cm³/mol. The van der Waals surface area contributed by atoms with E-state index in [1.165, 1.54) is 13.2 Å². The van der Waals surface area contributed by atoms with Gasteiger partial charge in [0.25, 0.3) is 0 Å². The lowest BCUT2D eigenvalue weighted by atomic mass is 9.68. The summed E-state index contributed by atoms with van der Waals surface area (Å²) in [7, 11) is 1.28. The average molecular weight is 297 g/mol. The molecule has 0 aromatic heterocycles. The van der Waals surface area contributed by atoms with Crippen LogP contribution in [-0.4, -0.2) is 25.5 Å². The van der Waals surface area contributed by atoms with Crippen LogP contribution in [0, 0.1) is 5.41 Å². The maximum absolute atomic E-state index is 12.3. The summed E-state index contributed by atoms with van der Waals surface area (Å²) in [6.45, 7) is 0.306. The van der Waals surface area contributed by atoms with Crippen molar-refractivity contribution in [1.29, 1.82) is 0 Å². The number of carbonyl (C=O) groups excluding carboxylic acids is 2. The van der Waals surface area contributed by atoms with Crippen molar-refractivity contribution in [2.75, 3.05) is 19.0 Å². The van der Waals surface area contributed by atoms with Gasteiger partial charge in [0.1, 0.15) is 0 Å². The Kier molecular flexibility index (Phi) is 4.30. The third kappa shape index (κ3) is 2.64. The number of nitrogens with two attached hydrogens (primary N) is 1. The fourth-order valence-corrected chi connectivity index (χ4v) is 2.46. The maximum atomic E-state index is 12.3. The molecule has 0 radical (unpaired) electrons. The van der Waals surface area contributed by atoms with Crippen molar-refractivity contribution in [3.63, 3.8) is 0 Å². The van der Waals surface area contributed by atoms with Crippen LogP contribution in [0.2, 0.25) is 5.02 Å². The van der Waals surface area contributed by atoms with Crippen LogP contribution in [0.15, 0.2) is 18.2 Å². The van der Waals surface area contributed by atoms with E-state index in [1.54, 1.807) is 12.1 Å². The number of amides is 1. The first-order valence-corrected chi connectivity index (χ1v) is 6.79. The SMILES string of the molecule is COC(=O)c1cc(Cl)ccc1NC(=O)C1(CN)CCC1. The molecule has 0 atom stereocenters. The molecule has 0 bridgehead atoms. The smallest absolute Gasteiger partial charge is 0.340 e. The number of rotatable bonds is 4. The lowest BCUT2D eigenvalue weighted by molar-refractivity contribution is -0.129. The Labute approximate surface area is 122 Å². The molecule has 1 aromatic rings. The highest BCUT2D eigenvalue weighted by Gasteiger charge is 2.43. The number of hydrogen-bond acceptors (Lipinski definition) is 4. The van der Waals surface area contributed by atoms with Gasteiger partial charge in [-0.3, -0.25) is 4.79 Å². The van der Waals surface area contributed by atoms with Gasteiger partial charge in [-0.15, -0.1) is 0 Å². The number of hydrogen-bond donors (Lipinski definition) is 2. The standard InChI is InChI=1S/C14H17ClN2O3/c1-20-12(18)10-7-9(15)3-4-11(10)17-13(19)14(8-16)5-2-6-14/h3-4,7H,2,5-6,8,16H2,1H3,(H,17,19). The van der Waals surface area contributed by atoms with Crippen molar-refractivity contribution in [1.82, 2.24) is 0 Å². The normalized spacial score (nSPS) is 16.1. The van der Waals surface area contributed by atoms with Gasteiger partial charge in [0, 0.05) is 11.6 Å². The van der Waals surface area contributed by atoms with Crippen LogP contribution in [-0.2, 0) is 9.53 Å². The molecule has 0 spiro atoms. The number of halogens is 1. The number of anilines is 1. The highest BCUT2D eigenvalue weighted by Crippen LogP contribution is 2.41. The molecule has 1 aromatic carbocycles. The molecule has 1 saturated carbocycles. The topological polar surface area (TPSA) is 81.4 Å². The lowest BCUT2D eigenvalue weighted by Gasteiger charge is -2.39.